The van der Waals surface area contributed by atoms with Crippen molar-refractivity contribution in [2.75, 3.05) is 18.5 Å². The molecule has 2 aromatic rings. The zero-order chi connectivity index (χ0) is 18.9. The minimum atomic E-state index is -0.173. The number of carbonyl (C=O) groups is 2. The van der Waals surface area contributed by atoms with Crippen molar-refractivity contribution < 1.29 is 9.59 Å². The van der Waals surface area contributed by atoms with Gasteiger partial charge in [-0.05, 0) is 36.3 Å². The van der Waals surface area contributed by atoms with Gasteiger partial charge in [0.05, 0.1) is 11.3 Å². The predicted molar refractivity (Wildman–Crippen MR) is 108 cm³/mol. The molecule has 0 aromatic heterocycles. The van der Waals surface area contributed by atoms with Crippen molar-refractivity contribution in [1.29, 1.82) is 0 Å². The van der Waals surface area contributed by atoms with Crippen LogP contribution in [-0.2, 0) is 11.2 Å². The van der Waals surface area contributed by atoms with Crippen LogP contribution in [0.5, 0.6) is 0 Å². The molecular weight excluding hydrogens is 346 g/mol. The van der Waals surface area contributed by atoms with Crippen LogP contribution in [0, 0.1) is 0 Å². The predicted octanol–water partition coefficient (Wildman–Crippen LogP) is 2.91. The molecule has 0 spiro atoms. The van der Waals surface area contributed by atoms with Crippen LogP contribution in [0.15, 0.2) is 54.6 Å². The molecule has 0 aliphatic carbocycles. The summed E-state index contributed by atoms with van der Waals surface area (Å²) >= 11 is 5.26. The number of hydrogen-bond donors (Lipinski definition) is 2. The number of para-hydroxylation sites is 1. The second-order valence-electron chi connectivity index (χ2n) is 5.77. The summed E-state index contributed by atoms with van der Waals surface area (Å²) < 4.78 is 0. The number of nitrogens with zero attached hydrogens (tertiary/aromatic N) is 1. The van der Waals surface area contributed by atoms with E-state index < -0.39 is 0 Å². The highest BCUT2D eigenvalue weighted by Gasteiger charge is 2.17. The van der Waals surface area contributed by atoms with Crippen LogP contribution in [0.2, 0.25) is 0 Å². The van der Waals surface area contributed by atoms with Crippen LogP contribution in [0.3, 0.4) is 0 Å². The van der Waals surface area contributed by atoms with E-state index in [9.17, 15) is 9.59 Å². The molecular formula is C20H23N3O2S. The average Bonchev–Trinajstić information content (AvgIpc) is 2.68. The van der Waals surface area contributed by atoms with Crippen molar-refractivity contribution in [3.8, 4) is 0 Å². The number of hydrogen-bond acceptors (Lipinski definition) is 3. The first-order valence-electron chi connectivity index (χ1n) is 8.51. The maximum absolute atomic E-state index is 12.6. The van der Waals surface area contributed by atoms with Crippen molar-refractivity contribution >= 4 is 34.8 Å². The van der Waals surface area contributed by atoms with Gasteiger partial charge in [-0.2, -0.15) is 0 Å². The monoisotopic (exact) mass is 369 g/mol. The highest BCUT2D eigenvalue weighted by molar-refractivity contribution is 7.80. The van der Waals surface area contributed by atoms with Gasteiger partial charge in [0, 0.05) is 20.0 Å². The molecule has 0 aliphatic heterocycles. The Morgan fingerprint density at radius 2 is 1.69 bits per heavy atom. The molecule has 6 heteroatoms. The molecule has 5 nitrogen and oxygen atoms in total. The van der Waals surface area contributed by atoms with E-state index in [1.54, 1.807) is 37.1 Å². The van der Waals surface area contributed by atoms with Crippen LogP contribution in [0.25, 0.3) is 0 Å². The molecule has 0 bridgehead atoms. The van der Waals surface area contributed by atoms with Gasteiger partial charge in [-0.1, -0.05) is 49.4 Å². The van der Waals surface area contributed by atoms with E-state index in [1.165, 1.54) is 5.56 Å². The number of amides is 2. The SMILES string of the molecule is CCC(=O)NC(=S)N(C)c1ccccc1C(=O)NCCc1ccccc1. The summed E-state index contributed by atoms with van der Waals surface area (Å²) in [6.07, 6.45) is 1.10. The van der Waals surface area contributed by atoms with E-state index in [2.05, 4.69) is 10.6 Å². The number of benzene rings is 2. The van der Waals surface area contributed by atoms with Crippen LogP contribution >= 0.6 is 12.2 Å². The number of nitrogens with one attached hydrogen (secondary N) is 2. The molecule has 136 valence electrons. The van der Waals surface area contributed by atoms with E-state index in [4.69, 9.17) is 12.2 Å². The second kappa shape index (κ2) is 9.68. The van der Waals surface area contributed by atoms with Crippen LogP contribution in [0.4, 0.5) is 5.69 Å². The third-order valence-corrected chi connectivity index (χ3v) is 4.30. The van der Waals surface area contributed by atoms with Crippen molar-refractivity contribution in [3.05, 3.63) is 65.7 Å². The molecule has 0 aliphatic rings. The maximum atomic E-state index is 12.6. The van der Waals surface area contributed by atoms with E-state index in [0.717, 1.165) is 6.42 Å². The normalized spacial score (nSPS) is 10.1. The molecule has 2 aromatic carbocycles. The van der Waals surface area contributed by atoms with Gasteiger partial charge in [0.25, 0.3) is 5.91 Å². The van der Waals surface area contributed by atoms with Crippen molar-refractivity contribution in [2.45, 2.75) is 19.8 Å². The van der Waals surface area contributed by atoms with Gasteiger partial charge < -0.3 is 15.5 Å². The Morgan fingerprint density at radius 1 is 1.04 bits per heavy atom. The number of thiocarbonyl (C=S) groups is 1. The lowest BCUT2D eigenvalue weighted by Crippen LogP contribution is -2.41. The lowest BCUT2D eigenvalue weighted by Gasteiger charge is -2.22. The van der Waals surface area contributed by atoms with Gasteiger partial charge in [0.15, 0.2) is 5.11 Å². The van der Waals surface area contributed by atoms with Gasteiger partial charge in [-0.3, -0.25) is 9.59 Å². The Hall–Kier alpha value is -2.73. The van der Waals surface area contributed by atoms with E-state index in [1.807, 2.05) is 36.4 Å². The van der Waals surface area contributed by atoms with Crippen molar-refractivity contribution in [2.24, 2.45) is 0 Å². The summed E-state index contributed by atoms with van der Waals surface area (Å²) in [5, 5.41) is 5.85. The van der Waals surface area contributed by atoms with E-state index in [0.29, 0.717) is 24.2 Å². The zero-order valence-electron chi connectivity index (χ0n) is 15.0. The first-order valence-corrected chi connectivity index (χ1v) is 8.92. The fraction of sp³-hybridized carbons (Fsp3) is 0.250. The van der Waals surface area contributed by atoms with Gasteiger partial charge >= 0.3 is 0 Å². The fourth-order valence-electron chi connectivity index (χ4n) is 2.42. The summed E-state index contributed by atoms with van der Waals surface area (Å²) in [5.41, 5.74) is 2.32. The summed E-state index contributed by atoms with van der Waals surface area (Å²) in [6, 6.07) is 17.2. The van der Waals surface area contributed by atoms with Crippen molar-refractivity contribution in [1.82, 2.24) is 10.6 Å². The molecule has 0 atom stereocenters. The zero-order valence-corrected chi connectivity index (χ0v) is 15.8. The molecule has 0 unspecified atom stereocenters. The van der Waals surface area contributed by atoms with Gasteiger partial charge in [-0.15, -0.1) is 0 Å². The molecule has 0 heterocycles. The average molecular weight is 369 g/mol. The second-order valence-corrected chi connectivity index (χ2v) is 6.16. The molecule has 0 saturated heterocycles. The summed E-state index contributed by atoms with van der Waals surface area (Å²) in [6.45, 7) is 2.30. The molecule has 0 radical (unpaired) electrons. The lowest BCUT2D eigenvalue weighted by molar-refractivity contribution is -0.119. The Morgan fingerprint density at radius 3 is 2.38 bits per heavy atom. The Kier molecular flexibility index (Phi) is 7.29. The number of carbonyl (C=O) groups excluding carboxylic acids is 2. The summed E-state index contributed by atoms with van der Waals surface area (Å²) in [7, 11) is 1.73. The Bertz CT molecular complexity index is 778. The van der Waals surface area contributed by atoms with Crippen LogP contribution in [0.1, 0.15) is 29.3 Å². The third kappa shape index (κ3) is 5.39. The fourth-order valence-corrected chi connectivity index (χ4v) is 2.63. The molecule has 0 fully saturated rings. The van der Waals surface area contributed by atoms with Gasteiger partial charge in [0.2, 0.25) is 5.91 Å². The van der Waals surface area contributed by atoms with Crippen LogP contribution < -0.4 is 15.5 Å². The minimum Gasteiger partial charge on any atom is -0.352 e. The molecule has 26 heavy (non-hydrogen) atoms. The third-order valence-electron chi connectivity index (χ3n) is 3.92. The van der Waals surface area contributed by atoms with Crippen molar-refractivity contribution in [3.63, 3.8) is 0 Å². The first kappa shape index (κ1) is 19.6. The summed E-state index contributed by atoms with van der Waals surface area (Å²) in [5.74, 6) is -0.334. The lowest BCUT2D eigenvalue weighted by atomic mass is 10.1. The maximum Gasteiger partial charge on any atom is 0.253 e. The molecule has 2 amide bonds. The van der Waals surface area contributed by atoms with E-state index >= 15 is 0 Å². The molecule has 2 N–H and O–H groups in total. The number of anilines is 1. The number of rotatable bonds is 6. The Balaban J connectivity index is 2.03. The van der Waals surface area contributed by atoms with Gasteiger partial charge in [-0.25, -0.2) is 0 Å². The van der Waals surface area contributed by atoms with E-state index in [-0.39, 0.29) is 16.9 Å². The smallest absolute Gasteiger partial charge is 0.253 e. The standard InChI is InChI=1S/C20H23N3O2S/c1-3-18(24)22-20(26)23(2)17-12-8-7-11-16(17)19(25)21-14-13-15-9-5-4-6-10-15/h4-12H,3,13-14H2,1-2H3,(H,21,25)(H,22,24,26). The summed E-state index contributed by atoms with van der Waals surface area (Å²) in [4.78, 5) is 25.8. The topological polar surface area (TPSA) is 61.4 Å². The largest absolute Gasteiger partial charge is 0.352 e. The highest BCUT2D eigenvalue weighted by Crippen LogP contribution is 2.19. The minimum absolute atomic E-state index is 0.161. The Labute approximate surface area is 159 Å². The van der Waals surface area contributed by atoms with Crippen LogP contribution in [-0.4, -0.2) is 30.5 Å². The first-order chi connectivity index (χ1) is 12.5. The molecule has 2 rings (SSSR count). The quantitative estimate of drug-likeness (QED) is 0.769. The molecule has 0 saturated carbocycles. The van der Waals surface area contributed by atoms with Gasteiger partial charge in [0.1, 0.15) is 0 Å². The highest BCUT2D eigenvalue weighted by atomic mass is 32.1.